The van der Waals surface area contributed by atoms with E-state index in [1.807, 2.05) is 23.6 Å². The fourth-order valence-electron chi connectivity index (χ4n) is 3.14. The predicted octanol–water partition coefficient (Wildman–Crippen LogP) is 3.40. The Balaban J connectivity index is 2.06. The zero-order valence-corrected chi connectivity index (χ0v) is 15.9. The molecule has 0 aliphatic carbocycles. The van der Waals surface area contributed by atoms with E-state index in [1.54, 1.807) is 11.8 Å². The fourth-order valence-corrected chi connectivity index (χ4v) is 3.55. The Morgan fingerprint density at radius 3 is 2.50 bits per heavy atom. The van der Waals surface area contributed by atoms with Gasteiger partial charge in [0, 0.05) is 37.0 Å². The number of carbonyl (C=O) groups is 2. The van der Waals surface area contributed by atoms with E-state index in [0.717, 1.165) is 18.5 Å². The van der Waals surface area contributed by atoms with Crippen LogP contribution in [0.5, 0.6) is 0 Å². The molecule has 0 spiro atoms. The Bertz CT molecular complexity index is 571. The van der Waals surface area contributed by atoms with Gasteiger partial charge in [0.2, 0.25) is 11.8 Å². The average Bonchev–Trinajstić information content (AvgIpc) is 2.96. The van der Waals surface area contributed by atoms with Gasteiger partial charge in [-0.25, -0.2) is 0 Å². The van der Waals surface area contributed by atoms with E-state index < -0.39 is 0 Å². The molecule has 0 radical (unpaired) electrons. The highest BCUT2D eigenvalue weighted by Gasteiger charge is 2.37. The number of nitrogens with zero attached hydrogens (tertiary/aromatic N) is 2. The number of hydrogen-bond acceptors (Lipinski definition) is 3. The van der Waals surface area contributed by atoms with Gasteiger partial charge in [-0.05, 0) is 44.2 Å². The molecule has 1 saturated heterocycles. The van der Waals surface area contributed by atoms with E-state index in [0.29, 0.717) is 19.5 Å². The van der Waals surface area contributed by atoms with Crippen LogP contribution in [0.3, 0.4) is 0 Å². The molecule has 1 atom stereocenters. The van der Waals surface area contributed by atoms with Crippen molar-refractivity contribution in [3.05, 3.63) is 29.8 Å². The van der Waals surface area contributed by atoms with Crippen LogP contribution in [0.25, 0.3) is 0 Å². The van der Waals surface area contributed by atoms with Crippen molar-refractivity contribution in [2.24, 2.45) is 5.92 Å². The lowest BCUT2D eigenvalue weighted by Gasteiger charge is -2.26. The van der Waals surface area contributed by atoms with Crippen molar-refractivity contribution in [3.63, 3.8) is 0 Å². The van der Waals surface area contributed by atoms with Gasteiger partial charge in [0.1, 0.15) is 0 Å². The molecule has 2 amide bonds. The average molecular weight is 349 g/mol. The third kappa shape index (κ3) is 4.53. The second-order valence-corrected chi connectivity index (χ2v) is 7.53. The molecule has 132 valence electrons. The molecule has 0 bridgehead atoms. The Hall–Kier alpha value is -1.49. The minimum absolute atomic E-state index is 0.101. The number of thioether (sulfide) groups is 1. The van der Waals surface area contributed by atoms with Crippen molar-refractivity contribution in [1.82, 2.24) is 9.80 Å². The maximum Gasteiger partial charge on any atom is 0.228 e. The highest BCUT2D eigenvalue weighted by molar-refractivity contribution is 7.98. The van der Waals surface area contributed by atoms with Crippen LogP contribution in [-0.2, 0) is 16.1 Å². The maximum absolute atomic E-state index is 12.9. The number of benzene rings is 1. The van der Waals surface area contributed by atoms with Crippen molar-refractivity contribution in [3.8, 4) is 0 Å². The van der Waals surface area contributed by atoms with Gasteiger partial charge in [0.15, 0.2) is 0 Å². The fraction of sp³-hybridized carbons (Fsp3) is 0.579. The minimum atomic E-state index is -0.197. The smallest absolute Gasteiger partial charge is 0.228 e. The summed E-state index contributed by atoms with van der Waals surface area (Å²) >= 11 is 1.71. The zero-order chi connectivity index (χ0) is 17.7. The van der Waals surface area contributed by atoms with Crippen LogP contribution in [0.4, 0.5) is 0 Å². The van der Waals surface area contributed by atoms with E-state index in [-0.39, 0.29) is 23.8 Å². The summed E-state index contributed by atoms with van der Waals surface area (Å²) in [4.78, 5) is 30.0. The predicted molar refractivity (Wildman–Crippen MR) is 98.9 cm³/mol. The third-order valence-electron chi connectivity index (χ3n) is 4.47. The zero-order valence-electron chi connectivity index (χ0n) is 15.1. The second kappa shape index (κ2) is 8.56. The summed E-state index contributed by atoms with van der Waals surface area (Å²) in [6.07, 6.45) is 3.32. The summed E-state index contributed by atoms with van der Waals surface area (Å²) in [5.41, 5.74) is 1.14. The highest BCUT2D eigenvalue weighted by Crippen LogP contribution is 2.23. The molecular formula is C19H28N2O2S. The quantitative estimate of drug-likeness (QED) is 0.709. The van der Waals surface area contributed by atoms with Gasteiger partial charge in [-0.15, -0.1) is 11.8 Å². The van der Waals surface area contributed by atoms with Crippen LogP contribution < -0.4 is 0 Å². The van der Waals surface area contributed by atoms with E-state index in [2.05, 4.69) is 37.4 Å². The number of carbonyl (C=O) groups excluding carboxylic acids is 2. The van der Waals surface area contributed by atoms with E-state index >= 15 is 0 Å². The van der Waals surface area contributed by atoms with Gasteiger partial charge in [0.05, 0.1) is 5.92 Å². The molecular weight excluding hydrogens is 320 g/mol. The topological polar surface area (TPSA) is 40.6 Å². The van der Waals surface area contributed by atoms with E-state index in [9.17, 15) is 9.59 Å². The van der Waals surface area contributed by atoms with Crippen molar-refractivity contribution in [2.75, 3.05) is 19.3 Å². The second-order valence-electron chi connectivity index (χ2n) is 6.65. The van der Waals surface area contributed by atoms with Gasteiger partial charge in [0.25, 0.3) is 0 Å². The van der Waals surface area contributed by atoms with Gasteiger partial charge in [-0.3, -0.25) is 9.59 Å². The van der Waals surface area contributed by atoms with E-state index in [1.165, 1.54) is 4.90 Å². The van der Waals surface area contributed by atoms with Gasteiger partial charge in [-0.1, -0.05) is 19.1 Å². The summed E-state index contributed by atoms with van der Waals surface area (Å²) in [6.45, 7) is 7.99. The summed E-state index contributed by atoms with van der Waals surface area (Å²) in [5, 5.41) is 0. The van der Waals surface area contributed by atoms with Crippen LogP contribution in [0.15, 0.2) is 29.2 Å². The van der Waals surface area contributed by atoms with Gasteiger partial charge >= 0.3 is 0 Å². The lowest BCUT2D eigenvalue weighted by atomic mass is 10.1. The van der Waals surface area contributed by atoms with Crippen LogP contribution in [-0.4, -0.2) is 47.0 Å². The molecule has 0 aromatic heterocycles. The number of hydrogen-bond donors (Lipinski definition) is 0. The molecule has 1 heterocycles. The van der Waals surface area contributed by atoms with Crippen LogP contribution in [0.1, 0.15) is 39.2 Å². The van der Waals surface area contributed by atoms with Crippen molar-refractivity contribution in [1.29, 1.82) is 0 Å². The van der Waals surface area contributed by atoms with Crippen molar-refractivity contribution in [2.45, 2.75) is 51.1 Å². The third-order valence-corrected chi connectivity index (χ3v) is 5.21. The standard InChI is InChI=1S/C19H28N2O2S/c1-5-10-20(12-15-6-8-17(24-4)9-7-15)19(23)16-11-18(22)21(13-16)14(2)3/h6-9,14,16H,5,10-13H2,1-4H3/t16-/m1/s1. The lowest BCUT2D eigenvalue weighted by Crippen LogP contribution is -2.38. The Labute approximate surface area is 149 Å². The Morgan fingerprint density at radius 1 is 1.33 bits per heavy atom. The number of likely N-dealkylation sites (tertiary alicyclic amines) is 1. The molecule has 2 rings (SSSR count). The van der Waals surface area contributed by atoms with Gasteiger partial charge in [-0.2, -0.15) is 0 Å². The Morgan fingerprint density at radius 2 is 2.00 bits per heavy atom. The highest BCUT2D eigenvalue weighted by atomic mass is 32.2. The summed E-state index contributed by atoms with van der Waals surface area (Å²) in [6, 6.07) is 8.51. The SMILES string of the molecule is CCCN(Cc1ccc(SC)cc1)C(=O)[C@@H]1CC(=O)N(C(C)C)C1. The molecule has 0 saturated carbocycles. The summed E-state index contributed by atoms with van der Waals surface area (Å²) < 4.78 is 0. The van der Waals surface area contributed by atoms with Crippen LogP contribution >= 0.6 is 11.8 Å². The first-order valence-corrected chi connectivity index (χ1v) is 9.89. The van der Waals surface area contributed by atoms with Crippen molar-refractivity contribution >= 4 is 23.6 Å². The van der Waals surface area contributed by atoms with Crippen LogP contribution in [0.2, 0.25) is 0 Å². The molecule has 1 aliphatic heterocycles. The Kier molecular flexibility index (Phi) is 6.72. The molecule has 4 nitrogen and oxygen atoms in total. The molecule has 1 aromatic carbocycles. The normalized spacial score (nSPS) is 17.6. The minimum Gasteiger partial charge on any atom is -0.339 e. The van der Waals surface area contributed by atoms with Crippen molar-refractivity contribution < 1.29 is 9.59 Å². The largest absolute Gasteiger partial charge is 0.339 e. The molecule has 0 unspecified atom stereocenters. The molecule has 5 heteroatoms. The molecule has 24 heavy (non-hydrogen) atoms. The first-order valence-electron chi connectivity index (χ1n) is 8.67. The van der Waals surface area contributed by atoms with E-state index in [4.69, 9.17) is 0 Å². The van der Waals surface area contributed by atoms with Crippen LogP contribution in [0, 0.1) is 5.92 Å². The lowest BCUT2D eigenvalue weighted by molar-refractivity contribution is -0.136. The molecule has 1 fully saturated rings. The molecule has 0 N–H and O–H groups in total. The summed E-state index contributed by atoms with van der Waals surface area (Å²) in [5.74, 6) is 0.0170. The number of amides is 2. The molecule has 1 aromatic rings. The molecule has 1 aliphatic rings. The first-order chi connectivity index (χ1) is 11.5. The maximum atomic E-state index is 12.9. The number of rotatable bonds is 7. The summed E-state index contributed by atoms with van der Waals surface area (Å²) in [7, 11) is 0. The first kappa shape index (κ1) is 18.8. The van der Waals surface area contributed by atoms with Gasteiger partial charge < -0.3 is 9.80 Å². The monoisotopic (exact) mass is 348 g/mol.